The lowest BCUT2D eigenvalue weighted by Crippen LogP contribution is -2.05. The van der Waals surface area contributed by atoms with Crippen LogP contribution < -0.4 is 4.74 Å². The van der Waals surface area contributed by atoms with Gasteiger partial charge in [-0.1, -0.05) is 43.8 Å². The van der Waals surface area contributed by atoms with Gasteiger partial charge in [-0.15, -0.1) is 0 Å². The van der Waals surface area contributed by atoms with E-state index < -0.39 is 0 Å². The quantitative estimate of drug-likeness (QED) is 0.584. The van der Waals surface area contributed by atoms with E-state index in [1.807, 2.05) is 43.3 Å². The van der Waals surface area contributed by atoms with Gasteiger partial charge in [0.1, 0.15) is 12.4 Å². The van der Waals surface area contributed by atoms with E-state index in [4.69, 9.17) is 4.74 Å². The molecule has 0 bridgehead atoms. The van der Waals surface area contributed by atoms with E-state index in [2.05, 4.69) is 6.58 Å². The molecule has 0 unspecified atom stereocenters. The van der Waals surface area contributed by atoms with Crippen LogP contribution in [0.3, 0.4) is 0 Å². The lowest BCUT2D eigenvalue weighted by Gasteiger charge is -2.13. The molecule has 2 aromatic carbocycles. The summed E-state index contributed by atoms with van der Waals surface area (Å²) in [5, 5.41) is 2.05. The molecule has 2 rings (SSSR count). The van der Waals surface area contributed by atoms with E-state index in [0.29, 0.717) is 17.9 Å². The molecule has 0 heterocycles. The SMILES string of the molecule is C=C(CC)COc1c(C(C)=O)ccc2ccccc12. The van der Waals surface area contributed by atoms with Crippen LogP contribution >= 0.6 is 0 Å². The molecule has 19 heavy (non-hydrogen) atoms. The molecule has 0 aliphatic heterocycles. The maximum Gasteiger partial charge on any atom is 0.163 e. The van der Waals surface area contributed by atoms with Gasteiger partial charge in [-0.2, -0.15) is 0 Å². The van der Waals surface area contributed by atoms with Crippen molar-refractivity contribution in [3.8, 4) is 5.75 Å². The third-order valence-electron chi connectivity index (χ3n) is 3.18. The van der Waals surface area contributed by atoms with Crippen molar-refractivity contribution in [2.45, 2.75) is 20.3 Å². The summed E-state index contributed by atoms with van der Waals surface area (Å²) in [7, 11) is 0. The number of ketones is 1. The molecule has 0 N–H and O–H groups in total. The zero-order valence-electron chi connectivity index (χ0n) is 11.4. The Labute approximate surface area is 113 Å². The second kappa shape index (κ2) is 5.70. The van der Waals surface area contributed by atoms with E-state index >= 15 is 0 Å². The molecule has 0 amide bonds. The summed E-state index contributed by atoms with van der Waals surface area (Å²) < 4.78 is 5.84. The summed E-state index contributed by atoms with van der Waals surface area (Å²) in [4.78, 5) is 11.7. The number of carbonyl (C=O) groups is 1. The highest BCUT2D eigenvalue weighted by Gasteiger charge is 2.12. The van der Waals surface area contributed by atoms with Crippen molar-refractivity contribution in [1.82, 2.24) is 0 Å². The standard InChI is InChI=1S/C17H18O2/c1-4-12(2)11-19-17-15(13(3)18)10-9-14-7-5-6-8-16(14)17/h5-10H,2,4,11H2,1,3H3. The average Bonchev–Trinajstić information content (AvgIpc) is 2.43. The lowest BCUT2D eigenvalue weighted by atomic mass is 10.0. The number of rotatable bonds is 5. The van der Waals surface area contributed by atoms with E-state index in [1.54, 1.807) is 6.92 Å². The maximum absolute atomic E-state index is 11.7. The molecule has 98 valence electrons. The van der Waals surface area contributed by atoms with Gasteiger partial charge in [0.05, 0.1) is 5.56 Å². The molecule has 0 aliphatic rings. The summed E-state index contributed by atoms with van der Waals surface area (Å²) in [6.07, 6.45) is 0.875. The van der Waals surface area contributed by atoms with Gasteiger partial charge in [0.15, 0.2) is 5.78 Å². The predicted molar refractivity (Wildman–Crippen MR) is 78.9 cm³/mol. The number of hydrogen-bond acceptors (Lipinski definition) is 2. The summed E-state index contributed by atoms with van der Waals surface area (Å²) in [6.45, 7) is 7.99. The maximum atomic E-state index is 11.7. The minimum Gasteiger partial charge on any atom is -0.488 e. The molecule has 0 atom stereocenters. The fourth-order valence-corrected chi connectivity index (χ4v) is 1.95. The topological polar surface area (TPSA) is 26.3 Å². The van der Waals surface area contributed by atoms with Gasteiger partial charge in [-0.3, -0.25) is 4.79 Å². The first kappa shape index (κ1) is 13.3. The zero-order chi connectivity index (χ0) is 13.8. The monoisotopic (exact) mass is 254 g/mol. The van der Waals surface area contributed by atoms with Gasteiger partial charge in [-0.25, -0.2) is 0 Å². The molecular formula is C17H18O2. The van der Waals surface area contributed by atoms with Crippen molar-refractivity contribution >= 4 is 16.6 Å². The number of ether oxygens (including phenoxy) is 1. The van der Waals surface area contributed by atoms with Crippen LogP contribution in [-0.4, -0.2) is 12.4 Å². The van der Waals surface area contributed by atoms with Crippen molar-refractivity contribution < 1.29 is 9.53 Å². The lowest BCUT2D eigenvalue weighted by molar-refractivity contribution is 0.101. The van der Waals surface area contributed by atoms with Crippen molar-refractivity contribution in [3.63, 3.8) is 0 Å². The molecule has 0 aromatic heterocycles. The molecule has 0 radical (unpaired) electrons. The van der Waals surface area contributed by atoms with Gasteiger partial charge >= 0.3 is 0 Å². The number of fused-ring (bicyclic) bond motifs is 1. The van der Waals surface area contributed by atoms with Gasteiger partial charge in [0, 0.05) is 5.39 Å². The summed E-state index contributed by atoms with van der Waals surface area (Å²) in [5.41, 5.74) is 1.64. The van der Waals surface area contributed by atoms with Crippen LogP contribution in [0.2, 0.25) is 0 Å². The molecule has 0 saturated carbocycles. The average molecular weight is 254 g/mol. The zero-order valence-corrected chi connectivity index (χ0v) is 11.4. The van der Waals surface area contributed by atoms with E-state index in [-0.39, 0.29) is 5.78 Å². The van der Waals surface area contributed by atoms with E-state index in [0.717, 1.165) is 22.8 Å². The molecule has 2 aromatic rings. The largest absolute Gasteiger partial charge is 0.488 e. The van der Waals surface area contributed by atoms with Crippen LogP contribution in [0.25, 0.3) is 10.8 Å². The Morgan fingerprint density at radius 2 is 1.95 bits per heavy atom. The number of hydrogen-bond donors (Lipinski definition) is 0. The van der Waals surface area contributed by atoms with Crippen molar-refractivity contribution in [2.24, 2.45) is 0 Å². The third-order valence-corrected chi connectivity index (χ3v) is 3.18. The number of Topliss-reactive ketones (excluding diaryl/α,β-unsaturated/α-hetero) is 1. The molecule has 2 nitrogen and oxygen atoms in total. The van der Waals surface area contributed by atoms with Crippen molar-refractivity contribution in [1.29, 1.82) is 0 Å². The van der Waals surface area contributed by atoms with Crippen LogP contribution in [0.15, 0.2) is 48.6 Å². The Kier molecular flexibility index (Phi) is 4.00. The van der Waals surface area contributed by atoms with Gasteiger partial charge in [0.2, 0.25) is 0 Å². The number of carbonyl (C=O) groups excluding carboxylic acids is 1. The first-order valence-electron chi connectivity index (χ1n) is 6.45. The number of benzene rings is 2. The molecule has 0 spiro atoms. The smallest absolute Gasteiger partial charge is 0.163 e. The van der Waals surface area contributed by atoms with Crippen molar-refractivity contribution in [3.05, 3.63) is 54.1 Å². The highest BCUT2D eigenvalue weighted by Crippen LogP contribution is 2.30. The molecule has 2 heteroatoms. The highest BCUT2D eigenvalue weighted by molar-refractivity contribution is 6.03. The molecular weight excluding hydrogens is 236 g/mol. The van der Waals surface area contributed by atoms with Gasteiger partial charge in [-0.05, 0) is 30.4 Å². The minimum atomic E-state index is 0.0165. The van der Waals surface area contributed by atoms with Crippen LogP contribution in [0.1, 0.15) is 30.6 Å². The minimum absolute atomic E-state index is 0.0165. The summed E-state index contributed by atoms with van der Waals surface area (Å²) in [5.74, 6) is 0.683. The first-order valence-corrected chi connectivity index (χ1v) is 6.45. The second-order valence-corrected chi connectivity index (χ2v) is 4.61. The van der Waals surface area contributed by atoms with Crippen LogP contribution in [0, 0.1) is 0 Å². The predicted octanol–water partition coefficient (Wildman–Crippen LogP) is 4.39. The Balaban J connectivity index is 2.49. The fraction of sp³-hybridized carbons (Fsp3) is 0.235. The summed E-state index contributed by atoms with van der Waals surface area (Å²) in [6, 6.07) is 11.7. The Hall–Kier alpha value is -2.09. The molecule has 0 aliphatic carbocycles. The van der Waals surface area contributed by atoms with Crippen molar-refractivity contribution in [2.75, 3.05) is 6.61 Å². The summed E-state index contributed by atoms with van der Waals surface area (Å²) >= 11 is 0. The first-order chi connectivity index (χ1) is 9.13. The molecule has 0 fully saturated rings. The van der Waals surface area contributed by atoms with Gasteiger partial charge in [0.25, 0.3) is 0 Å². The van der Waals surface area contributed by atoms with Gasteiger partial charge < -0.3 is 4.74 Å². The van der Waals surface area contributed by atoms with E-state index in [9.17, 15) is 4.79 Å². The fourth-order valence-electron chi connectivity index (χ4n) is 1.95. The van der Waals surface area contributed by atoms with E-state index in [1.165, 1.54) is 0 Å². The molecule has 0 saturated heterocycles. The van der Waals surface area contributed by atoms with Crippen LogP contribution in [-0.2, 0) is 0 Å². The van der Waals surface area contributed by atoms with Crippen LogP contribution in [0.5, 0.6) is 5.75 Å². The highest BCUT2D eigenvalue weighted by atomic mass is 16.5. The Morgan fingerprint density at radius 1 is 1.21 bits per heavy atom. The van der Waals surface area contributed by atoms with Crippen LogP contribution in [0.4, 0.5) is 0 Å². The third kappa shape index (κ3) is 2.84. The Bertz CT molecular complexity index is 626. The normalized spacial score (nSPS) is 10.4. The second-order valence-electron chi connectivity index (χ2n) is 4.61. The Morgan fingerprint density at radius 3 is 2.63 bits per heavy atom.